The third kappa shape index (κ3) is 6.22. The molecule has 12 nitrogen and oxygen atoms in total. The van der Waals surface area contributed by atoms with Gasteiger partial charge in [0.1, 0.15) is 41.5 Å². The van der Waals surface area contributed by atoms with Crippen LogP contribution in [-0.4, -0.2) is 52.4 Å². The van der Waals surface area contributed by atoms with Crippen molar-refractivity contribution >= 4 is 17.9 Å². The van der Waals surface area contributed by atoms with E-state index in [2.05, 4.69) is 4.98 Å². The molecule has 3 unspecified atom stereocenters. The van der Waals surface area contributed by atoms with Gasteiger partial charge in [0.05, 0.1) is 28.9 Å². The summed E-state index contributed by atoms with van der Waals surface area (Å²) in [6, 6.07) is 21.5. The lowest BCUT2D eigenvalue weighted by molar-refractivity contribution is -0.265. The van der Waals surface area contributed by atoms with Crippen LogP contribution in [0.4, 0.5) is 0 Å². The number of pyridine rings is 1. The van der Waals surface area contributed by atoms with Gasteiger partial charge >= 0.3 is 23.5 Å². The summed E-state index contributed by atoms with van der Waals surface area (Å²) < 4.78 is 30.8. The van der Waals surface area contributed by atoms with Crippen LogP contribution in [0.5, 0.6) is 5.75 Å². The van der Waals surface area contributed by atoms with Crippen LogP contribution in [0, 0.1) is 34.0 Å². The quantitative estimate of drug-likeness (QED) is 0.168. The van der Waals surface area contributed by atoms with E-state index in [1.54, 1.807) is 55.6 Å². The van der Waals surface area contributed by atoms with Crippen LogP contribution in [0.15, 0.2) is 94.4 Å². The van der Waals surface area contributed by atoms with Gasteiger partial charge in [0, 0.05) is 42.3 Å². The molecule has 2 aromatic carbocycles. The van der Waals surface area contributed by atoms with Gasteiger partial charge in [-0.1, -0.05) is 32.0 Å². The van der Waals surface area contributed by atoms with E-state index >= 15 is 0 Å². The fraction of sp³-hybridized carbons (Fsp3) is 0.381. The highest BCUT2D eigenvalue weighted by Gasteiger charge is 2.71. The number of benzene rings is 2. The van der Waals surface area contributed by atoms with Gasteiger partial charge in [-0.15, -0.1) is 0 Å². The van der Waals surface area contributed by atoms with Crippen LogP contribution < -0.4 is 10.4 Å². The van der Waals surface area contributed by atoms with E-state index in [1.165, 1.54) is 43.5 Å². The van der Waals surface area contributed by atoms with Gasteiger partial charge in [0.2, 0.25) is 0 Å². The number of esters is 3. The minimum Gasteiger partial charge on any atom is -0.482 e. The van der Waals surface area contributed by atoms with Crippen LogP contribution in [0.1, 0.15) is 84.9 Å². The van der Waals surface area contributed by atoms with E-state index in [0.717, 1.165) is 0 Å². The van der Waals surface area contributed by atoms with Crippen LogP contribution in [0.3, 0.4) is 0 Å². The number of carbonyl (C=O) groups is 3. The highest BCUT2D eigenvalue weighted by molar-refractivity contribution is 5.90. The number of hydrogen-bond donors (Lipinski definition) is 1. The number of nitrogens with zero attached hydrogens (tertiary/aromatic N) is 2. The number of aromatic nitrogens is 1. The van der Waals surface area contributed by atoms with Gasteiger partial charge in [-0.05, 0) is 86.1 Å². The Morgan fingerprint density at radius 1 is 0.963 bits per heavy atom. The second-order valence-electron chi connectivity index (χ2n) is 15.1. The summed E-state index contributed by atoms with van der Waals surface area (Å²) in [5.74, 6) is -2.88. The maximum absolute atomic E-state index is 13.9. The summed E-state index contributed by atoms with van der Waals surface area (Å²) in [7, 11) is 0. The average molecular weight is 733 g/mol. The molecule has 0 saturated heterocycles. The topological polar surface area (TPSA) is 175 Å². The molecule has 2 fully saturated rings. The molecule has 12 heteroatoms. The molecule has 8 atom stereocenters. The highest BCUT2D eigenvalue weighted by atomic mass is 16.6. The predicted molar refractivity (Wildman–Crippen MR) is 192 cm³/mol. The Bertz CT molecular complexity index is 2180. The van der Waals surface area contributed by atoms with E-state index in [0.29, 0.717) is 29.5 Å². The minimum atomic E-state index is -1.44. The van der Waals surface area contributed by atoms with E-state index in [-0.39, 0.29) is 35.7 Å². The fourth-order valence-electron chi connectivity index (χ4n) is 9.34. The van der Waals surface area contributed by atoms with Crippen LogP contribution in [-0.2, 0) is 19.0 Å². The molecule has 2 saturated carbocycles. The molecule has 3 heterocycles. The van der Waals surface area contributed by atoms with E-state index in [4.69, 9.17) is 23.4 Å². The number of nitriles is 1. The Labute approximate surface area is 311 Å². The molecule has 1 aliphatic heterocycles. The maximum atomic E-state index is 13.9. The Balaban J connectivity index is 1.34. The summed E-state index contributed by atoms with van der Waals surface area (Å²) in [6.07, 6.45) is 0.856. The largest absolute Gasteiger partial charge is 0.482 e. The van der Waals surface area contributed by atoms with Gasteiger partial charge in [0.15, 0.2) is 0 Å². The van der Waals surface area contributed by atoms with Gasteiger partial charge in [-0.2, -0.15) is 5.26 Å². The third-order valence-corrected chi connectivity index (χ3v) is 11.9. The van der Waals surface area contributed by atoms with Crippen molar-refractivity contribution < 1.29 is 42.9 Å². The normalized spacial score (nSPS) is 29.5. The zero-order chi connectivity index (χ0) is 38.4. The number of aliphatic hydroxyl groups is 1. The number of ether oxygens (including phenoxy) is 4. The lowest BCUT2D eigenvalue weighted by atomic mass is 9.42. The summed E-state index contributed by atoms with van der Waals surface area (Å²) in [4.78, 5) is 57.6. The Hall–Kier alpha value is -5.80. The molecule has 2 aromatic heterocycles. The predicted octanol–water partition coefficient (Wildman–Crippen LogP) is 6.21. The van der Waals surface area contributed by atoms with Crippen molar-refractivity contribution in [1.82, 2.24) is 4.98 Å². The monoisotopic (exact) mass is 732 g/mol. The lowest BCUT2D eigenvalue weighted by Gasteiger charge is -2.66. The van der Waals surface area contributed by atoms with Gasteiger partial charge in [-0.25, -0.2) is 14.4 Å². The van der Waals surface area contributed by atoms with Crippen LogP contribution >= 0.6 is 0 Å². The van der Waals surface area contributed by atoms with Crippen LogP contribution in [0.2, 0.25) is 0 Å². The first-order valence-electron chi connectivity index (χ1n) is 17.8. The Kier molecular flexibility index (Phi) is 9.39. The summed E-state index contributed by atoms with van der Waals surface area (Å²) >= 11 is 0. The highest BCUT2D eigenvalue weighted by Crippen LogP contribution is 2.67. The first-order chi connectivity index (χ1) is 25.8. The smallest absolute Gasteiger partial charge is 0.345 e. The maximum Gasteiger partial charge on any atom is 0.345 e. The Morgan fingerprint density at radius 2 is 1.69 bits per heavy atom. The lowest BCUT2D eigenvalue weighted by Crippen LogP contribution is -2.71. The molecule has 1 N–H and O–H groups in total. The van der Waals surface area contributed by atoms with Crippen molar-refractivity contribution in [1.29, 1.82) is 5.26 Å². The molecule has 0 spiro atoms. The second kappa shape index (κ2) is 13.9. The van der Waals surface area contributed by atoms with Gasteiger partial charge in [-0.3, -0.25) is 9.78 Å². The molecular formula is C42H40N2O10. The first-order valence-corrected chi connectivity index (χ1v) is 17.8. The summed E-state index contributed by atoms with van der Waals surface area (Å²) in [5, 5.41) is 21.8. The molecule has 4 aromatic rings. The van der Waals surface area contributed by atoms with Crippen molar-refractivity contribution in [2.75, 3.05) is 6.61 Å². The first kappa shape index (κ1) is 36.6. The van der Waals surface area contributed by atoms with E-state index in [9.17, 15) is 29.5 Å². The molecule has 3 aliphatic rings. The zero-order valence-corrected chi connectivity index (χ0v) is 30.3. The molecule has 0 amide bonds. The SMILES string of the molecule is CC(=O)O[C@H]1CC[C@@]2(C)C(C[C@H](OC(=O)c3ccc(C#N)cc3)[C@@]3(C)Oc4cc(-c5cccnc5)oc(=O)c4[C@H](O)C23)C1(C)COC(=O)c1ccccc1. The van der Waals surface area contributed by atoms with Gasteiger partial charge < -0.3 is 28.5 Å². The minimum absolute atomic E-state index is 0.0662. The zero-order valence-electron chi connectivity index (χ0n) is 30.3. The fourth-order valence-corrected chi connectivity index (χ4v) is 9.34. The van der Waals surface area contributed by atoms with Crippen molar-refractivity contribution in [3.63, 3.8) is 0 Å². The van der Waals surface area contributed by atoms with Gasteiger partial charge in [0.25, 0.3) is 0 Å². The molecule has 0 bridgehead atoms. The number of carbonyl (C=O) groups excluding carboxylic acids is 3. The van der Waals surface area contributed by atoms with Crippen molar-refractivity contribution in [2.24, 2.45) is 22.7 Å². The second-order valence-corrected chi connectivity index (χ2v) is 15.1. The molecule has 7 rings (SSSR count). The molecule has 2 aliphatic carbocycles. The molecule has 0 radical (unpaired) electrons. The third-order valence-electron chi connectivity index (χ3n) is 11.9. The Morgan fingerprint density at radius 3 is 2.35 bits per heavy atom. The van der Waals surface area contributed by atoms with Crippen LogP contribution in [0.25, 0.3) is 11.3 Å². The summed E-state index contributed by atoms with van der Waals surface area (Å²) in [6.45, 7) is 6.79. The molecule has 278 valence electrons. The van der Waals surface area contributed by atoms with Crippen molar-refractivity contribution in [3.05, 3.63) is 118 Å². The number of rotatable bonds is 7. The van der Waals surface area contributed by atoms with E-state index < -0.39 is 70.1 Å². The molecule has 54 heavy (non-hydrogen) atoms. The summed E-state index contributed by atoms with van der Waals surface area (Å²) in [5.41, 5.74) is -2.75. The van der Waals surface area contributed by atoms with Crippen molar-refractivity contribution in [3.8, 4) is 23.1 Å². The average Bonchev–Trinajstić information content (AvgIpc) is 3.16. The molecular weight excluding hydrogens is 692 g/mol. The standard InChI is InChI=1S/C42H40N2O10/c1-24(45)51-32-16-17-40(2)31(41(32,3)23-50-37(47)26-9-6-5-7-10-26)20-33(53-38(48)27-14-12-25(21-43)13-15-27)42(4)36(40)35(46)34-30(54-42)19-29(52-39(34)49)28-11-8-18-44-22-28/h5-15,18-19,22,31-33,35-36,46H,16-17,20,23H2,1-4H3/t31?,32-,33-,35-,36?,40-,41?,42+/m0/s1. The number of hydrogen-bond acceptors (Lipinski definition) is 12. The number of fused-ring (bicyclic) bond motifs is 4. The number of aliphatic hydroxyl groups excluding tert-OH is 1. The van der Waals surface area contributed by atoms with E-state index in [1.807, 2.05) is 19.9 Å². The van der Waals surface area contributed by atoms with Crippen molar-refractivity contribution in [2.45, 2.75) is 70.9 Å².